The van der Waals surface area contributed by atoms with Gasteiger partial charge in [-0.15, -0.1) is 0 Å². The molecule has 8 heteroatoms. The minimum atomic E-state index is -3.52. The first-order valence-electron chi connectivity index (χ1n) is 8.01. The predicted molar refractivity (Wildman–Crippen MR) is 92.9 cm³/mol. The number of pyridine rings is 1. The highest BCUT2D eigenvalue weighted by Crippen LogP contribution is 2.22. The largest absolute Gasteiger partial charge is 0.439 e. The molecule has 1 fully saturated rings. The second-order valence-corrected chi connectivity index (χ2v) is 7.88. The fraction of sp³-hybridized carbons (Fsp3) is 0.353. The third-order valence-corrected chi connectivity index (χ3v) is 6.02. The van der Waals surface area contributed by atoms with Crippen LogP contribution in [0.1, 0.15) is 5.56 Å². The van der Waals surface area contributed by atoms with Gasteiger partial charge < -0.3 is 14.7 Å². The highest BCUT2D eigenvalue weighted by atomic mass is 32.2. The van der Waals surface area contributed by atoms with Gasteiger partial charge in [-0.25, -0.2) is 13.4 Å². The normalized spacial score (nSPS) is 16.7. The van der Waals surface area contributed by atoms with Crippen molar-refractivity contribution in [3.05, 3.63) is 48.2 Å². The van der Waals surface area contributed by atoms with Crippen LogP contribution in [0.4, 0.5) is 0 Å². The number of rotatable bonds is 5. The molecule has 1 aromatic carbocycles. The van der Waals surface area contributed by atoms with Gasteiger partial charge in [0.2, 0.25) is 15.9 Å². The standard InChI is InChI=1S/C17H21N3O4S/c1-19-8-10-20(11-9-19)25(22,23)16-6-7-17(18-12-16)24-15-4-2-14(13-21)3-5-15/h2-7,12,21H,8-11,13H2,1H3. The number of piperazine rings is 1. The molecule has 7 nitrogen and oxygen atoms in total. The molecule has 2 aromatic rings. The van der Waals surface area contributed by atoms with Crippen molar-refractivity contribution in [1.29, 1.82) is 0 Å². The van der Waals surface area contributed by atoms with E-state index >= 15 is 0 Å². The van der Waals surface area contributed by atoms with Crippen molar-refractivity contribution in [2.24, 2.45) is 0 Å². The summed E-state index contributed by atoms with van der Waals surface area (Å²) in [6, 6.07) is 10.0. The van der Waals surface area contributed by atoms with Crippen LogP contribution in [-0.2, 0) is 16.6 Å². The minimum Gasteiger partial charge on any atom is -0.439 e. The Morgan fingerprint density at radius 1 is 1.08 bits per heavy atom. The molecule has 0 atom stereocenters. The molecular weight excluding hydrogens is 342 g/mol. The zero-order valence-corrected chi connectivity index (χ0v) is 14.8. The van der Waals surface area contributed by atoms with E-state index in [0.717, 1.165) is 18.7 Å². The van der Waals surface area contributed by atoms with E-state index in [1.54, 1.807) is 30.3 Å². The highest BCUT2D eigenvalue weighted by Gasteiger charge is 2.27. The maximum atomic E-state index is 12.6. The van der Waals surface area contributed by atoms with Crippen molar-refractivity contribution >= 4 is 10.0 Å². The van der Waals surface area contributed by atoms with Crippen molar-refractivity contribution < 1.29 is 18.3 Å². The fourth-order valence-corrected chi connectivity index (χ4v) is 3.91. The molecule has 25 heavy (non-hydrogen) atoms. The lowest BCUT2D eigenvalue weighted by molar-refractivity contribution is 0.222. The van der Waals surface area contributed by atoms with Gasteiger partial charge in [-0.05, 0) is 30.8 Å². The average Bonchev–Trinajstić information content (AvgIpc) is 2.63. The summed E-state index contributed by atoms with van der Waals surface area (Å²) in [7, 11) is -1.55. The van der Waals surface area contributed by atoms with Crippen molar-refractivity contribution in [1.82, 2.24) is 14.2 Å². The molecule has 134 valence electrons. The summed E-state index contributed by atoms with van der Waals surface area (Å²) in [5.41, 5.74) is 0.786. The van der Waals surface area contributed by atoms with Crippen LogP contribution >= 0.6 is 0 Å². The van der Waals surface area contributed by atoms with E-state index in [1.807, 2.05) is 7.05 Å². The molecule has 0 unspecified atom stereocenters. The first-order valence-corrected chi connectivity index (χ1v) is 9.45. The van der Waals surface area contributed by atoms with Crippen LogP contribution in [0.5, 0.6) is 11.6 Å². The monoisotopic (exact) mass is 363 g/mol. The van der Waals surface area contributed by atoms with E-state index in [0.29, 0.717) is 24.7 Å². The summed E-state index contributed by atoms with van der Waals surface area (Å²) < 4.78 is 32.4. The number of aliphatic hydroxyl groups is 1. The Bertz CT molecular complexity index is 799. The molecule has 0 aliphatic carbocycles. The third kappa shape index (κ3) is 4.16. The smallest absolute Gasteiger partial charge is 0.244 e. The number of ether oxygens (including phenoxy) is 1. The van der Waals surface area contributed by atoms with Gasteiger partial charge in [0.15, 0.2) is 0 Å². The second kappa shape index (κ2) is 7.49. The number of aromatic nitrogens is 1. The SMILES string of the molecule is CN1CCN(S(=O)(=O)c2ccc(Oc3ccc(CO)cc3)nc2)CC1. The average molecular weight is 363 g/mol. The zero-order chi connectivity index (χ0) is 17.9. The lowest BCUT2D eigenvalue weighted by atomic mass is 10.2. The van der Waals surface area contributed by atoms with Crippen LogP contribution in [0.2, 0.25) is 0 Å². The molecule has 1 saturated heterocycles. The fourth-order valence-electron chi connectivity index (χ4n) is 2.54. The van der Waals surface area contributed by atoms with E-state index < -0.39 is 10.0 Å². The van der Waals surface area contributed by atoms with Crippen LogP contribution in [0.15, 0.2) is 47.5 Å². The molecule has 1 aliphatic rings. The van der Waals surface area contributed by atoms with Crippen LogP contribution in [0, 0.1) is 0 Å². The Kier molecular flexibility index (Phi) is 5.33. The van der Waals surface area contributed by atoms with Gasteiger partial charge in [0, 0.05) is 32.2 Å². The molecular formula is C17H21N3O4S. The Morgan fingerprint density at radius 2 is 1.76 bits per heavy atom. The van der Waals surface area contributed by atoms with Crippen molar-refractivity contribution in [2.45, 2.75) is 11.5 Å². The second-order valence-electron chi connectivity index (χ2n) is 5.94. The first kappa shape index (κ1) is 17.8. The zero-order valence-electron chi connectivity index (χ0n) is 14.0. The summed E-state index contributed by atoms with van der Waals surface area (Å²) >= 11 is 0. The summed E-state index contributed by atoms with van der Waals surface area (Å²) in [5, 5.41) is 9.03. The molecule has 3 rings (SSSR count). The van der Waals surface area contributed by atoms with Gasteiger partial charge in [-0.1, -0.05) is 12.1 Å². The van der Waals surface area contributed by atoms with Gasteiger partial charge in [0.05, 0.1) is 12.8 Å². The predicted octanol–water partition coefficient (Wildman–Crippen LogP) is 1.30. The summed E-state index contributed by atoms with van der Waals surface area (Å²) in [4.78, 5) is 6.37. The van der Waals surface area contributed by atoms with E-state index in [2.05, 4.69) is 9.88 Å². The Hall–Kier alpha value is -2.00. The highest BCUT2D eigenvalue weighted by molar-refractivity contribution is 7.89. The molecule has 1 aliphatic heterocycles. The maximum Gasteiger partial charge on any atom is 0.244 e. The van der Waals surface area contributed by atoms with E-state index in [-0.39, 0.29) is 11.5 Å². The lowest BCUT2D eigenvalue weighted by Crippen LogP contribution is -2.47. The van der Waals surface area contributed by atoms with Crippen LogP contribution in [0.25, 0.3) is 0 Å². The summed E-state index contributed by atoms with van der Waals surface area (Å²) in [6.07, 6.45) is 1.32. The van der Waals surface area contributed by atoms with Gasteiger partial charge >= 0.3 is 0 Å². The van der Waals surface area contributed by atoms with Crippen LogP contribution in [0.3, 0.4) is 0 Å². The van der Waals surface area contributed by atoms with Gasteiger partial charge in [0.1, 0.15) is 10.6 Å². The molecule has 2 heterocycles. The van der Waals surface area contributed by atoms with E-state index in [4.69, 9.17) is 9.84 Å². The van der Waals surface area contributed by atoms with E-state index in [9.17, 15) is 8.42 Å². The van der Waals surface area contributed by atoms with Crippen molar-refractivity contribution in [3.63, 3.8) is 0 Å². The topological polar surface area (TPSA) is 83.0 Å². The Morgan fingerprint density at radius 3 is 2.32 bits per heavy atom. The maximum absolute atomic E-state index is 12.6. The molecule has 0 spiro atoms. The van der Waals surface area contributed by atoms with Gasteiger partial charge in [-0.2, -0.15) is 4.31 Å². The number of nitrogens with zero attached hydrogens (tertiary/aromatic N) is 3. The summed E-state index contributed by atoms with van der Waals surface area (Å²) in [5.74, 6) is 0.883. The first-order chi connectivity index (χ1) is 12.0. The summed E-state index contributed by atoms with van der Waals surface area (Å²) in [6.45, 7) is 2.37. The molecule has 0 amide bonds. The van der Waals surface area contributed by atoms with Crippen molar-refractivity contribution in [2.75, 3.05) is 33.2 Å². The van der Waals surface area contributed by atoms with Gasteiger partial charge in [-0.3, -0.25) is 0 Å². The Balaban J connectivity index is 1.70. The van der Waals surface area contributed by atoms with Gasteiger partial charge in [0.25, 0.3) is 0 Å². The molecule has 1 aromatic heterocycles. The molecule has 0 saturated carbocycles. The molecule has 0 bridgehead atoms. The third-order valence-electron chi connectivity index (χ3n) is 4.14. The number of sulfonamides is 1. The number of benzene rings is 1. The Labute approximate surface area is 147 Å². The van der Waals surface area contributed by atoms with Crippen LogP contribution in [-0.4, -0.2) is 60.9 Å². The van der Waals surface area contributed by atoms with Crippen LogP contribution < -0.4 is 4.74 Å². The number of aliphatic hydroxyl groups excluding tert-OH is 1. The minimum absolute atomic E-state index is 0.0304. The molecule has 1 N–H and O–H groups in total. The quantitative estimate of drug-likeness (QED) is 0.862. The molecule has 0 radical (unpaired) electrons. The number of hydrogen-bond donors (Lipinski definition) is 1. The van der Waals surface area contributed by atoms with Crippen molar-refractivity contribution in [3.8, 4) is 11.6 Å². The lowest BCUT2D eigenvalue weighted by Gasteiger charge is -2.31. The number of hydrogen-bond acceptors (Lipinski definition) is 6. The number of likely N-dealkylation sites (N-methyl/N-ethyl adjacent to an activating group) is 1. The van der Waals surface area contributed by atoms with E-state index in [1.165, 1.54) is 16.6 Å².